The molecule has 1 aromatic carbocycles. The smallest absolute Gasteiger partial charge is 0.246 e. The van der Waals surface area contributed by atoms with Crippen LogP contribution in [0.4, 0.5) is 5.69 Å². The summed E-state index contributed by atoms with van der Waals surface area (Å²) in [6.07, 6.45) is 68.3. The van der Waals surface area contributed by atoms with Crippen molar-refractivity contribution in [3.05, 3.63) is 216 Å². The van der Waals surface area contributed by atoms with E-state index in [2.05, 4.69) is 246 Å². The van der Waals surface area contributed by atoms with E-state index in [0.717, 1.165) is 12.8 Å². The zero-order valence-corrected chi connectivity index (χ0v) is 64.7. The van der Waals surface area contributed by atoms with Crippen molar-refractivity contribution in [3.63, 3.8) is 0 Å². The molecule has 17 aliphatic rings. The normalized spacial score (nSPS) is 35.9. The zero-order valence-electron chi connectivity index (χ0n) is 64.7. The van der Waals surface area contributed by atoms with Crippen molar-refractivity contribution in [1.82, 2.24) is 14.7 Å². The molecule has 1 fully saturated rings. The molecule has 16 atom stereocenters. The third-order valence-electron chi connectivity index (χ3n) is 29.6. The minimum absolute atomic E-state index is 0.0601. The fourth-order valence-electron chi connectivity index (χ4n) is 24.3. The number of benzene rings is 1. The molecular weight excluding hydrogens is 1210 g/mol. The number of hydrogen-bond acceptors (Lipinski definition) is 4. The maximum atomic E-state index is 3.37. The Morgan fingerprint density at radius 1 is 0.560 bits per heavy atom. The third kappa shape index (κ3) is 10.5. The number of fused-ring (bicyclic) bond motifs is 8. The lowest BCUT2D eigenvalue weighted by Gasteiger charge is -2.60. The summed E-state index contributed by atoms with van der Waals surface area (Å²) < 4.78 is 0. The number of nitrogens with zero attached hydrogens (tertiary/aromatic N) is 4. The molecule has 0 radical (unpaired) electrons. The van der Waals surface area contributed by atoms with Crippen molar-refractivity contribution in [1.29, 1.82) is 0 Å². The van der Waals surface area contributed by atoms with Gasteiger partial charge in [-0.15, -0.1) is 0 Å². The van der Waals surface area contributed by atoms with Crippen molar-refractivity contribution in [2.75, 3.05) is 4.90 Å². The Morgan fingerprint density at radius 2 is 1.31 bits per heavy atom. The van der Waals surface area contributed by atoms with E-state index in [0.29, 0.717) is 77.4 Å². The second-order valence-electron chi connectivity index (χ2n) is 40.4. The number of allylic oxidation sites excluding steroid dienone is 17. The van der Waals surface area contributed by atoms with Crippen LogP contribution < -0.4 is 4.90 Å². The topological polar surface area (TPSA) is 13.0 Å². The zero-order chi connectivity index (χ0) is 69.2. The predicted octanol–water partition coefficient (Wildman–Crippen LogP) is 23.3. The van der Waals surface area contributed by atoms with E-state index in [4.69, 9.17) is 0 Å². The summed E-state index contributed by atoms with van der Waals surface area (Å²) in [5.74, 6) is 4.61. The first-order valence-electron chi connectivity index (χ1n) is 41.2. The monoisotopic (exact) mass is 1330 g/mol. The molecule has 0 saturated heterocycles. The molecular formula is C95H123BN4. The van der Waals surface area contributed by atoms with Crippen molar-refractivity contribution in [2.24, 2.45) is 69.0 Å². The first kappa shape index (κ1) is 66.3. The van der Waals surface area contributed by atoms with E-state index in [9.17, 15) is 0 Å². The summed E-state index contributed by atoms with van der Waals surface area (Å²) in [6.45, 7) is 40.3. The van der Waals surface area contributed by atoms with Crippen LogP contribution in [0.15, 0.2) is 205 Å². The van der Waals surface area contributed by atoms with Crippen molar-refractivity contribution < 1.29 is 0 Å². The molecule has 4 aliphatic heterocycles. The van der Waals surface area contributed by atoms with Gasteiger partial charge in [-0.1, -0.05) is 242 Å². The third-order valence-corrected chi connectivity index (χ3v) is 29.6. The van der Waals surface area contributed by atoms with Gasteiger partial charge >= 0.3 is 0 Å². The van der Waals surface area contributed by atoms with E-state index in [1.165, 1.54) is 138 Å². The lowest BCUT2D eigenvalue weighted by molar-refractivity contribution is 0.101. The molecule has 100 heavy (non-hydrogen) atoms. The fourth-order valence-corrected chi connectivity index (χ4v) is 24.3. The molecule has 5 heteroatoms. The summed E-state index contributed by atoms with van der Waals surface area (Å²) in [5.41, 5.74) is 32.7. The Hall–Kier alpha value is -5.68. The van der Waals surface area contributed by atoms with Crippen LogP contribution in [0.5, 0.6) is 0 Å². The Balaban J connectivity index is 0.860. The molecule has 0 spiro atoms. The molecule has 18 rings (SSSR count). The minimum Gasteiger partial charge on any atom is -0.362 e. The maximum absolute atomic E-state index is 3.37. The molecule has 15 unspecified atom stereocenters. The lowest BCUT2D eigenvalue weighted by atomic mass is 9.29. The maximum Gasteiger partial charge on any atom is 0.246 e. The average Bonchev–Trinajstić information content (AvgIpc) is 1.26. The number of rotatable bonds is 8. The first-order chi connectivity index (χ1) is 47.7. The van der Waals surface area contributed by atoms with Gasteiger partial charge in [-0.25, -0.2) is 0 Å². The van der Waals surface area contributed by atoms with E-state index in [-0.39, 0.29) is 51.9 Å². The lowest BCUT2D eigenvalue weighted by Crippen LogP contribution is -2.61. The summed E-state index contributed by atoms with van der Waals surface area (Å²) in [4.78, 5) is 12.8. The molecule has 0 amide bonds. The van der Waals surface area contributed by atoms with Crippen LogP contribution in [0, 0.1) is 69.0 Å². The molecule has 0 N–H and O–H groups in total. The molecule has 526 valence electrons. The highest BCUT2D eigenvalue weighted by Crippen LogP contribution is 2.67. The molecule has 13 aliphatic carbocycles. The largest absolute Gasteiger partial charge is 0.362 e. The van der Waals surface area contributed by atoms with Crippen molar-refractivity contribution >= 4 is 12.4 Å². The summed E-state index contributed by atoms with van der Waals surface area (Å²) in [5, 5.41) is 0. The van der Waals surface area contributed by atoms with Crippen LogP contribution in [0.25, 0.3) is 0 Å². The van der Waals surface area contributed by atoms with Gasteiger partial charge < -0.3 is 19.6 Å². The first-order valence-corrected chi connectivity index (χ1v) is 41.2. The highest BCUT2D eigenvalue weighted by Gasteiger charge is 2.62. The SMILES string of the molecule is C[C@@H]1C2=C(C=CC1C(C)(C)C)N(C1C=CC3=C(C1)N(C1C(C4=CCC4)=C4CC4C1C1=CCCCC1)C1=C4B3C3=C(CC(N5c6ccc(C(C)(C)C)cc6C6C=C(C(C)(C)C)C=CC65)C=C3)N(C3C(C5CC=CCC5)=CCC3C3=CCCC3)C4CC(C(C)(C)C)C1)C1CCC(C(C)(C)C)=CC21. The van der Waals surface area contributed by atoms with Crippen molar-refractivity contribution in [2.45, 2.75) is 293 Å². The van der Waals surface area contributed by atoms with Crippen LogP contribution in [0.2, 0.25) is 0 Å². The predicted molar refractivity (Wildman–Crippen MR) is 421 cm³/mol. The van der Waals surface area contributed by atoms with E-state index in [1.807, 2.05) is 22.2 Å². The molecule has 1 aromatic rings. The van der Waals surface area contributed by atoms with E-state index in [1.54, 1.807) is 61.6 Å². The van der Waals surface area contributed by atoms with Gasteiger partial charge in [0.05, 0.1) is 30.2 Å². The van der Waals surface area contributed by atoms with Crippen LogP contribution in [0.1, 0.15) is 256 Å². The number of hydrogen-bond donors (Lipinski definition) is 0. The average molecular weight is 1330 g/mol. The number of anilines is 1. The van der Waals surface area contributed by atoms with Crippen LogP contribution in [-0.4, -0.2) is 63.7 Å². The Kier molecular flexibility index (Phi) is 15.7. The Labute approximate surface area is 606 Å². The quantitative estimate of drug-likeness (QED) is 0.190. The Bertz CT molecular complexity index is 4150. The standard InChI is InChI=1S/C95H123BN4/c1-56-74(95(14,15)16)41-47-80-85(56)73-50-63(93(8,9)10)36-46-79(73)98(80)66-38-43-76-82(54-66)100(90-86(59-30-21-18-22-31-59)71-55-72(71)87(90)60-32-25-33-60)84-52-64(94(11,12)13)51-83-88(84)96(76)75-42-37-65(53-81(75)99(83)89-67(57-26-19-17-20-27-57)39-40-68(89)58-28-23-24-29-58)97-77-44-34-61(91(2,3)4)48-69(77)70-49-62(92(5,6)7)35-45-78(70)97/h17,19,28,30,32,34-35,37-39,41-45,47-50,56-57,64-66,68-69,71,73-74,77,79,83,86,89-90H,18,20-27,29,31,33,36,40,46,51-55H2,1-16H3/t56-,57?,64?,65?,66?,68?,69?,71?,73?,74?,77?,79?,83?,86?,89?,90?/m0/s1. The van der Waals surface area contributed by atoms with Gasteiger partial charge in [-0.3, -0.25) is 0 Å². The van der Waals surface area contributed by atoms with Gasteiger partial charge in [-0.05, 0) is 234 Å². The molecule has 0 aromatic heterocycles. The van der Waals surface area contributed by atoms with Crippen LogP contribution in [0.3, 0.4) is 0 Å². The molecule has 4 heterocycles. The summed E-state index contributed by atoms with van der Waals surface area (Å²) in [7, 11) is 0. The second-order valence-corrected chi connectivity index (χ2v) is 40.4. The minimum atomic E-state index is 0.0601. The second kappa shape index (κ2) is 23.7. The van der Waals surface area contributed by atoms with E-state index < -0.39 is 0 Å². The van der Waals surface area contributed by atoms with Gasteiger partial charge in [0, 0.05) is 77.1 Å². The van der Waals surface area contributed by atoms with Gasteiger partial charge in [0.2, 0.25) is 6.71 Å². The van der Waals surface area contributed by atoms with Crippen LogP contribution in [-0.2, 0) is 5.41 Å². The van der Waals surface area contributed by atoms with Gasteiger partial charge in [-0.2, -0.15) is 0 Å². The summed E-state index contributed by atoms with van der Waals surface area (Å²) in [6, 6.07) is 9.92. The highest BCUT2D eigenvalue weighted by atomic mass is 15.3. The molecule has 0 bridgehead atoms. The summed E-state index contributed by atoms with van der Waals surface area (Å²) >= 11 is 0. The van der Waals surface area contributed by atoms with Gasteiger partial charge in [0.25, 0.3) is 0 Å². The molecule has 1 saturated carbocycles. The van der Waals surface area contributed by atoms with Crippen LogP contribution >= 0.6 is 0 Å². The van der Waals surface area contributed by atoms with Gasteiger partial charge in [0.15, 0.2) is 0 Å². The van der Waals surface area contributed by atoms with E-state index >= 15 is 0 Å². The Morgan fingerprint density at radius 3 is 1.99 bits per heavy atom. The van der Waals surface area contributed by atoms with Crippen molar-refractivity contribution in [3.8, 4) is 0 Å². The van der Waals surface area contributed by atoms with Gasteiger partial charge in [0.1, 0.15) is 0 Å². The highest BCUT2D eigenvalue weighted by molar-refractivity contribution is 6.83. The fraction of sp³-hybridized carbons (Fsp3) is 0.600. The molecule has 4 nitrogen and oxygen atoms in total.